The van der Waals surface area contributed by atoms with Crippen molar-refractivity contribution >= 4 is 17.4 Å². The van der Waals surface area contributed by atoms with Crippen molar-refractivity contribution in [2.45, 2.75) is 25.8 Å². The largest absolute Gasteiger partial charge is 0.398 e. The molecule has 1 saturated heterocycles. The van der Waals surface area contributed by atoms with Gasteiger partial charge in [0.1, 0.15) is 0 Å². The molecule has 5 N–H and O–H groups in total. The maximum atomic E-state index is 12.5. The van der Waals surface area contributed by atoms with E-state index in [4.69, 9.17) is 16.9 Å². The smallest absolute Gasteiger partial charge is 0.256 e. The minimum Gasteiger partial charge on any atom is -0.398 e. The number of hydrogen-bond donors (Lipinski definition) is 3. The van der Waals surface area contributed by atoms with Gasteiger partial charge in [0.25, 0.3) is 5.91 Å². The van der Waals surface area contributed by atoms with E-state index in [1.54, 1.807) is 23.1 Å². The summed E-state index contributed by atoms with van der Waals surface area (Å²) in [5.74, 6) is 0.0485. The molecule has 102 valence electrons. The van der Waals surface area contributed by atoms with Gasteiger partial charge >= 0.3 is 0 Å². The van der Waals surface area contributed by atoms with Crippen molar-refractivity contribution in [1.82, 2.24) is 4.90 Å². The van der Waals surface area contributed by atoms with Crippen LogP contribution >= 0.6 is 0 Å². The van der Waals surface area contributed by atoms with Gasteiger partial charge in [-0.1, -0.05) is 12.1 Å². The summed E-state index contributed by atoms with van der Waals surface area (Å²) in [6.45, 7) is 2.52. The number of rotatable bonds is 2. The fourth-order valence-corrected chi connectivity index (χ4v) is 2.49. The standard InChI is InChI=1S/C14H20N4O/c1-9-6-7-10(13(16)17)8-18(9)14(19)11-4-2-3-5-12(11)15/h2-5,9-10H,6-8,15H2,1H3,(H3,16,17)/t9-,10-/m1/s1. The van der Waals surface area contributed by atoms with Crippen LogP contribution < -0.4 is 11.5 Å². The molecule has 5 heteroatoms. The van der Waals surface area contributed by atoms with Gasteiger partial charge in [0.05, 0.1) is 11.4 Å². The van der Waals surface area contributed by atoms with Crippen molar-refractivity contribution in [3.05, 3.63) is 29.8 Å². The molecule has 2 rings (SSSR count). The fraction of sp³-hybridized carbons (Fsp3) is 0.429. The lowest BCUT2D eigenvalue weighted by atomic mass is 9.92. The number of nitrogens with zero attached hydrogens (tertiary/aromatic N) is 1. The molecular formula is C14H20N4O. The van der Waals surface area contributed by atoms with Crippen LogP contribution in [0.1, 0.15) is 30.1 Å². The number of likely N-dealkylation sites (tertiary alicyclic amines) is 1. The first-order valence-corrected chi connectivity index (χ1v) is 6.50. The van der Waals surface area contributed by atoms with Crippen LogP contribution in [-0.2, 0) is 0 Å². The third kappa shape index (κ3) is 2.70. The molecule has 1 aliphatic rings. The monoisotopic (exact) mass is 260 g/mol. The molecule has 0 aliphatic carbocycles. The summed E-state index contributed by atoms with van der Waals surface area (Å²) in [6, 6.07) is 7.24. The van der Waals surface area contributed by atoms with Crippen LogP contribution in [-0.4, -0.2) is 29.2 Å². The maximum Gasteiger partial charge on any atom is 0.256 e. The first-order chi connectivity index (χ1) is 9.00. The highest BCUT2D eigenvalue weighted by atomic mass is 16.2. The maximum absolute atomic E-state index is 12.5. The summed E-state index contributed by atoms with van der Waals surface area (Å²) in [6.07, 6.45) is 1.73. The topological polar surface area (TPSA) is 96.2 Å². The van der Waals surface area contributed by atoms with Gasteiger partial charge < -0.3 is 16.4 Å². The molecule has 0 unspecified atom stereocenters. The van der Waals surface area contributed by atoms with Crippen LogP contribution in [0.2, 0.25) is 0 Å². The van der Waals surface area contributed by atoms with Crippen molar-refractivity contribution in [3.63, 3.8) is 0 Å². The molecule has 1 heterocycles. The highest BCUT2D eigenvalue weighted by molar-refractivity contribution is 5.99. The van der Waals surface area contributed by atoms with Crippen molar-refractivity contribution in [2.75, 3.05) is 12.3 Å². The lowest BCUT2D eigenvalue weighted by Gasteiger charge is -2.37. The zero-order valence-corrected chi connectivity index (χ0v) is 11.1. The SMILES string of the molecule is C[C@@H]1CC[C@@H](C(=N)N)CN1C(=O)c1ccccc1N. The molecule has 0 spiro atoms. The van der Waals surface area contributed by atoms with E-state index >= 15 is 0 Å². The van der Waals surface area contributed by atoms with Crippen LogP contribution in [0.3, 0.4) is 0 Å². The first-order valence-electron chi connectivity index (χ1n) is 6.50. The normalized spacial score (nSPS) is 23.1. The van der Waals surface area contributed by atoms with Crippen molar-refractivity contribution in [2.24, 2.45) is 11.7 Å². The van der Waals surface area contributed by atoms with Gasteiger partial charge in [-0.25, -0.2) is 0 Å². The lowest BCUT2D eigenvalue weighted by Crippen LogP contribution is -2.48. The molecule has 1 aromatic carbocycles. The summed E-state index contributed by atoms with van der Waals surface area (Å²) in [5, 5.41) is 7.55. The molecule has 1 aromatic rings. The highest BCUT2D eigenvalue weighted by Crippen LogP contribution is 2.25. The van der Waals surface area contributed by atoms with E-state index in [0.29, 0.717) is 17.8 Å². The second-order valence-electron chi connectivity index (χ2n) is 5.12. The zero-order valence-electron chi connectivity index (χ0n) is 11.1. The Morgan fingerprint density at radius 3 is 2.68 bits per heavy atom. The van der Waals surface area contributed by atoms with Crippen LogP contribution in [0.5, 0.6) is 0 Å². The van der Waals surface area contributed by atoms with E-state index in [1.165, 1.54) is 0 Å². The average molecular weight is 260 g/mol. The summed E-state index contributed by atoms with van der Waals surface area (Å²) >= 11 is 0. The minimum absolute atomic E-state index is 0.0370. The molecule has 1 fully saturated rings. The molecule has 1 aliphatic heterocycles. The van der Waals surface area contributed by atoms with Crippen molar-refractivity contribution < 1.29 is 4.79 Å². The van der Waals surface area contributed by atoms with Gasteiger partial charge in [-0.15, -0.1) is 0 Å². The Morgan fingerprint density at radius 2 is 2.05 bits per heavy atom. The van der Waals surface area contributed by atoms with Gasteiger partial charge in [-0.2, -0.15) is 0 Å². The quantitative estimate of drug-likeness (QED) is 0.426. The summed E-state index contributed by atoms with van der Waals surface area (Å²) < 4.78 is 0. The third-order valence-electron chi connectivity index (χ3n) is 3.77. The Bertz CT molecular complexity index is 500. The Hall–Kier alpha value is -2.04. The van der Waals surface area contributed by atoms with Gasteiger partial charge in [-0.05, 0) is 31.9 Å². The summed E-state index contributed by atoms with van der Waals surface area (Å²) in [5.41, 5.74) is 12.4. The van der Waals surface area contributed by atoms with E-state index in [1.807, 2.05) is 13.0 Å². The zero-order chi connectivity index (χ0) is 14.0. The average Bonchev–Trinajstić information content (AvgIpc) is 2.38. The van der Waals surface area contributed by atoms with Crippen molar-refractivity contribution in [3.8, 4) is 0 Å². The lowest BCUT2D eigenvalue weighted by molar-refractivity contribution is 0.0604. The Balaban J connectivity index is 2.22. The van der Waals surface area contributed by atoms with Gasteiger partial charge in [0, 0.05) is 24.2 Å². The molecular weight excluding hydrogens is 240 g/mol. The number of amides is 1. The Morgan fingerprint density at radius 1 is 1.37 bits per heavy atom. The predicted octanol–water partition coefficient (Wildman–Crippen LogP) is 1.45. The predicted molar refractivity (Wildman–Crippen MR) is 76.0 cm³/mol. The summed E-state index contributed by atoms with van der Waals surface area (Å²) in [4.78, 5) is 14.3. The molecule has 1 amide bonds. The number of para-hydroxylation sites is 1. The van der Waals surface area contributed by atoms with Crippen LogP contribution in [0.25, 0.3) is 0 Å². The number of nitrogens with one attached hydrogen (secondary N) is 1. The number of carbonyl (C=O) groups excluding carboxylic acids is 1. The number of anilines is 1. The van der Waals surface area contributed by atoms with E-state index in [9.17, 15) is 4.79 Å². The van der Waals surface area contributed by atoms with Crippen LogP contribution in [0.15, 0.2) is 24.3 Å². The Kier molecular flexibility index (Phi) is 3.74. The summed E-state index contributed by atoms with van der Waals surface area (Å²) in [7, 11) is 0. The molecule has 0 bridgehead atoms. The fourth-order valence-electron chi connectivity index (χ4n) is 2.49. The molecule has 0 radical (unpaired) electrons. The van der Waals surface area contributed by atoms with Gasteiger partial charge in [0.15, 0.2) is 0 Å². The molecule has 0 saturated carbocycles. The Labute approximate surface area is 113 Å². The molecule has 2 atom stereocenters. The number of amidine groups is 1. The number of benzene rings is 1. The van der Waals surface area contributed by atoms with Crippen LogP contribution in [0, 0.1) is 11.3 Å². The number of hydrogen-bond acceptors (Lipinski definition) is 3. The third-order valence-corrected chi connectivity index (χ3v) is 3.77. The van der Waals surface area contributed by atoms with E-state index < -0.39 is 0 Å². The highest BCUT2D eigenvalue weighted by Gasteiger charge is 2.31. The van der Waals surface area contributed by atoms with Gasteiger partial charge in [-0.3, -0.25) is 10.2 Å². The minimum atomic E-state index is -0.0726. The van der Waals surface area contributed by atoms with Crippen molar-refractivity contribution in [1.29, 1.82) is 5.41 Å². The molecule has 5 nitrogen and oxygen atoms in total. The number of nitrogen functional groups attached to an aromatic ring is 1. The molecule has 0 aromatic heterocycles. The number of piperidine rings is 1. The second-order valence-corrected chi connectivity index (χ2v) is 5.12. The molecule has 19 heavy (non-hydrogen) atoms. The van der Waals surface area contributed by atoms with E-state index in [0.717, 1.165) is 12.8 Å². The number of nitrogens with two attached hydrogens (primary N) is 2. The number of carbonyl (C=O) groups is 1. The van der Waals surface area contributed by atoms with Crippen LogP contribution in [0.4, 0.5) is 5.69 Å². The van der Waals surface area contributed by atoms with E-state index in [2.05, 4.69) is 0 Å². The van der Waals surface area contributed by atoms with E-state index in [-0.39, 0.29) is 23.7 Å². The first kappa shape index (κ1) is 13.4. The second kappa shape index (κ2) is 5.30. The van der Waals surface area contributed by atoms with Gasteiger partial charge in [0.2, 0.25) is 0 Å².